The summed E-state index contributed by atoms with van der Waals surface area (Å²) in [5.74, 6) is 0.863. The summed E-state index contributed by atoms with van der Waals surface area (Å²) in [7, 11) is 0. The molecular formula is C15H21N. The predicted molar refractivity (Wildman–Crippen MR) is 70.4 cm³/mol. The number of rotatable bonds is 4. The van der Waals surface area contributed by atoms with Gasteiger partial charge in [-0.2, -0.15) is 0 Å². The highest BCUT2D eigenvalue weighted by molar-refractivity contribution is 5.47. The lowest BCUT2D eigenvalue weighted by atomic mass is 9.96. The predicted octanol–water partition coefficient (Wildman–Crippen LogP) is 3.26. The lowest BCUT2D eigenvalue weighted by molar-refractivity contribution is 0.522. The van der Waals surface area contributed by atoms with E-state index in [1.807, 2.05) is 6.08 Å². The van der Waals surface area contributed by atoms with E-state index in [1.54, 1.807) is 0 Å². The van der Waals surface area contributed by atoms with Crippen molar-refractivity contribution in [3.05, 3.63) is 42.0 Å². The van der Waals surface area contributed by atoms with Gasteiger partial charge >= 0.3 is 0 Å². The molecule has 0 aromatic heterocycles. The van der Waals surface area contributed by atoms with Gasteiger partial charge in [-0.05, 0) is 49.8 Å². The van der Waals surface area contributed by atoms with Gasteiger partial charge in [-0.1, -0.05) is 36.9 Å². The molecule has 1 heterocycles. The van der Waals surface area contributed by atoms with E-state index in [0.717, 1.165) is 5.92 Å². The summed E-state index contributed by atoms with van der Waals surface area (Å²) in [6.45, 7) is 7.28. The van der Waals surface area contributed by atoms with Crippen LogP contribution in [0.5, 0.6) is 0 Å². The smallest absolute Gasteiger partial charge is 0.00419 e. The normalized spacial score (nSPS) is 24.6. The van der Waals surface area contributed by atoms with Crippen LogP contribution in [0.1, 0.15) is 30.9 Å². The minimum atomic E-state index is 0.713. The van der Waals surface area contributed by atoms with Crippen LogP contribution in [0, 0.1) is 5.92 Å². The lowest BCUT2D eigenvalue weighted by Gasteiger charge is -2.08. The van der Waals surface area contributed by atoms with Crippen LogP contribution < -0.4 is 5.32 Å². The highest BCUT2D eigenvalue weighted by Gasteiger charge is 2.19. The molecule has 0 bridgehead atoms. The fourth-order valence-electron chi connectivity index (χ4n) is 2.50. The van der Waals surface area contributed by atoms with Crippen molar-refractivity contribution in [1.29, 1.82) is 0 Å². The van der Waals surface area contributed by atoms with Gasteiger partial charge in [0.1, 0.15) is 0 Å². The van der Waals surface area contributed by atoms with Gasteiger partial charge in [0, 0.05) is 6.04 Å². The van der Waals surface area contributed by atoms with Gasteiger partial charge in [-0.3, -0.25) is 0 Å². The summed E-state index contributed by atoms with van der Waals surface area (Å²) in [4.78, 5) is 0. The van der Waals surface area contributed by atoms with Crippen molar-refractivity contribution in [2.24, 2.45) is 5.92 Å². The summed E-state index contributed by atoms with van der Waals surface area (Å²) in [6.07, 6.45) is 5.75. The fourth-order valence-corrected chi connectivity index (χ4v) is 2.50. The van der Waals surface area contributed by atoms with Gasteiger partial charge < -0.3 is 5.32 Å². The van der Waals surface area contributed by atoms with E-state index in [4.69, 9.17) is 0 Å². The summed E-state index contributed by atoms with van der Waals surface area (Å²) >= 11 is 0. The fraction of sp³-hybridized carbons (Fsp3) is 0.467. The zero-order valence-electron chi connectivity index (χ0n) is 10.1. The van der Waals surface area contributed by atoms with Crippen molar-refractivity contribution in [3.8, 4) is 0 Å². The molecule has 1 N–H and O–H groups in total. The van der Waals surface area contributed by atoms with E-state index in [1.165, 1.54) is 36.9 Å². The number of aryl methyl sites for hydroxylation is 1. The van der Waals surface area contributed by atoms with Crippen molar-refractivity contribution in [2.75, 3.05) is 6.54 Å². The van der Waals surface area contributed by atoms with Crippen LogP contribution in [0.4, 0.5) is 0 Å². The molecule has 1 fully saturated rings. The van der Waals surface area contributed by atoms with E-state index in [0.29, 0.717) is 6.04 Å². The first kappa shape index (κ1) is 11.4. The minimum Gasteiger partial charge on any atom is -0.314 e. The number of nitrogens with one attached hydrogen (secondary N) is 1. The highest BCUT2D eigenvalue weighted by atomic mass is 14.9. The largest absolute Gasteiger partial charge is 0.314 e. The third kappa shape index (κ3) is 2.96. The molecule has 1 saturated heterocycles. The Morgan fingerprint density at radius 1 is 1.50 bits per heavy atom. The summed E-state index contributed by atoms with van der Waals surface area (Å²) in [5.41, 5.74) is 2.67. The Hall–Kier alpha value is -1.08. The van der Waals surface area contributed by atoms with Gasteiger partial charge in [0.15, 0.2) is 0 Å². The molecule has 2 atom stereocenters. The third-order valence-electron chi connectivity index (χ3n) is 3.47. The van der Waals surface area contributed by atoms with Crippen LogP contribution in [0.2, 0.25) is 0 Å². The van der Waals surface area contributed by atoms with E-state index in [2.05, 4.69) is 43.1 Å². The Balaban J connectivity index is 1.87. The molecule has 1 nitrogen and oxygen atoms in total. The Labute approximate surface area is 98.6 Å². The monoisotopic (exact) mass is 215 g/mol. The topological polar surface area (TPSA) is 12.0 Å². The van der Waals surface area contributed by atoms with Crippen LogP contribution in [0.15, 0.2) is 30.8 Å². The number of benzene rings is 1. The van der Waals surface area contributed by atoms with Crippen molar-refractivity contribution in [2.45, 2.75) is 32.2 Å². The first-order chi connectivity index (χ1) is 7.78. The molecule has 2 rings (SSSR count). The third-order valence-corrected chi connectivity index (χ3v) is 3.47. The van der Waals surface area contributed by atoms with Gasteiger partial charge in [0.25, 0.3) is 0 Å². The second-order valence-corrected chi connectivity index (χ2v) is 4.90. The Morgan fingerprint density at radius 2 is 2.38 bits per heavy atom. The SMILES string of the molecule is C=Cc1cccc(CCC2CNC(C)C2)c1. The zero-order valence-corrected chi connectivity index (χ0v) is 10.1. The average molecular weight is 215 g/mol. The van der Waals surface area contributed by atoms with Gasteiger partial charge in [-0.15, -0.1) is 0 Å². The molecule has 1 aliphatic rings. The molecule has 0 radical (unpaired) electrons. The first-order valence-corrected chi connectivity index (χ1v) is 6.22. The molecular weight excluding hydrogens is 194 g/mol. The van der Waals surface area contributed by atoms with Crippen LogP contribution in [-0.2, 0) is 6.42 Å². The quantitative estimate of drug-likeness (QED) is 0.813. The Morgan fingerprint density at radius 3 is 3.06 bits per heavy atom. The highest BCUT2D eigenvalue weighted by Crippen LogP contribution is 2.20. The molecule has 0 spiro atoms. The van der Waals surface area contributed by atoms with Crippen LogP contribution in [0.3, 0.4) is 0 Å². The molecule has 86 valence electrons. The molecule has 0 saturated carbocycles. The second-order valence-electron chi connectivity index (χ2n) is 4.90. The summed E-state index contributed by atoms with van der Waals surface area (Å²) in [5, 5.41) is 3.51. The molecule has 16 heavy (non-hydrogen) atoms. The molecule has 1 aromatic rings. The van der Waals surface area contributed by atoms with E-state index >= 15 is 0 Å². The van der Waals surface area contributed by atoms with Gasteiger partial charge in [0.2, 0.25) is 0 Å². The Bertz CT molecular complexity index is 356. The molecule has 0 aliphatic carbocycles. The van der Waals surface area contributed by atoms with Crippen LogP contribution in [0.25, 0.3) is 6.08 Å². The molecule has 2 unspecified atom stereocenters. The van der Waals surface area contributed by atoms with Crippen molar-refractivity contribution in [1.82, 2.24) is 5.32 Å². The second kappa shape index (κ2) is 5.31. The summed E-state index contributed by atoms with van der Waals surface area (Å²) in [6, 6.07) is 9.42. The van der Waals surface area contributed by atoms with Crippen molar-refractivity contribution < 1.29 is 0 Å². The van der Waals surface area contributed by atoms with Crippen LogP contribution in [-0.4, -0.2) is 12.6 Å². The molecule has 1 aromatic carbocycles. The maximum Gasteiger partial charge on any atom is 0.00419 e. The molecule has 1 heteroatoms. The number of hydrogen-bond donors (Lipinski definition) is 1. The zero-order chi connectivity index (χ0) is 11.4. The maximum absolute atomic E-state index is 3.81. The van der Waals surface area contributed by atoms with Gasteiger partial charge in [-0.25, -0.2) is 0 Å². The molecule has 0 amide bonds. The van der Waals surface area contributed by atoms with Crippen molar-refractivity contribution >= 4 is 6.08 Å². The van der Waals surface area contributed by atoms with Crippen LogP contribution >= 0.6 is 0 Å². The van der Waals surface area contributed by atoms with Crippen molar-refractivity contribution in [3.63, 3.8) is 0 Å². The van der Waals surface area contributed by atoms with E-state index in [-0.39, 0.29) is 0 Å². The minimum absolute atomic E-state index is 0.713. The van der Waals surface area contributed by atoms with Gasteiger partial charge in [0.05, 0.1) is 0 Å². The lowest BCUT2D eigenvalue weighted by Crippen LogP contribution is -2.16. The standard InChI is InChI=1S/C15H21N/c1-3-13-5-4-6-14(10-13)7-8-15-9-12(2)16-11-15/h3-6,10,12,15-16H,1,7-9,11H2,2H3. The summed E-state index contributed by atoms with van der Waals surface area (Å²) < 4.78 is 0. The van der Waals surface area contributed by atoms with E-state index < -0.39 is 0 Å². The first-order valence-electron chi connectivity index (χ1n) is 6.22. The number of hydrogen-bond acceptors (Lipinski definition) is 1. The average Bonchev–Trinajstić information content (AvgIpc) is 2.73. The maximum atomic E-state index is 3.81. The van der Waals surface area contributed by atoms with E-state index in [9.17, 15) is 0 Å². The molecule has 1 aliphatic heterocycles. The Kier molecular flexibility index (Phi) is 3.79.